The predicted molar refractivity (Wildman–Crippen MR) is 114 cm³/mol. The number of hydrogen-bond acceptors (Lipinski definition) is 5. The van der Waals surface area contributed by atoms with Crippen molar-refractivity contribution in [1.29, 1.82) is 0 Å². The second-order valence-corrected chi connectivity index (χ2v) is 9.48. The number of sulfonamides is 1. The Morgan fingerprint density at radius 3 is 2.47 bits per heavy atom. The van der Waals surface area contributed by atoms with Gasteiger partial charge in [0.05, 0.1) is 4.90 Å². The minimum Gasteiger partial charge on any atom is -0.454 e. The Labute approximate surface area is 181 Å². The quantitative estimate of drug-likeness (QED) is 0.655. The van der Waals surface area contributed by atoms with Crippen molar-refractivity contribution in [3.8, 4) is 0 Å². The fraction of sp³-hybridized carbons (Fsp3) is 0.333. The van der Waals surface area contributed by atoms with Crippen LogP contribution in [0.5, 0.6) is 0 Å². The highest BCUT2D eigenvalue weighted by Gasteiger charge is 2.31. The summed E-state index contributed by atoms with van der Waals surface area (Å²) >= 11 is 5.80. The molecule has 0 aliphatic carbocycles. The normalized spacial score (nSPS) is 14.5. The number of ether oxygens (including phenoxy) is 1. The molecule has 1 heterocycles. The molecule has 1 aliphatic heterocycles. The molecule has 1 N–H and O–H groups in total. The maximum Gasteiger partial charge on any atom is 0.324 e. The van der Waals surface area contributed by atoms with Gasteiger partial charge in [-0.1, -0.05) is 43.6 Å². The molecule has 3 rings (SSSR count). The summed E-state index contributed by atoms with van der Waals surface area (Å²) in [6, 6.07) is 12.0. The summed E-state index contributed by atoms with van der Waals surface area (Å²) < 4.78 is 32.8. The third kappa shape index (κ3) is 5.00. The number of halogens is 1. The Morgan fingerprint density at radius 2 is 1.80 bits per heavy atom. The van der Waals surface area contributed by atoms with Gasteiger partial charge < -0.3 is 9.64 Å². The fourth-order valence-electron chi connectivity index (χ4n) is 3.20. The summed E-state index contributed by atoms with van der Waals surface area (Å²) in [7, 11) is -3.97. The lowest BCUT2D eigenvalue weighted by atomic mass is 10.1. The van der Waals surface area contributed by atoms with Gasteiger partial charge in [-0.3, -0.25) is 9.59 Å². The van der Waals surface area contributed by atoms with Crippen molar-refractivity contribution in [1.82, 2.24) is 4.72 Å². The number of rotatable bonds is 7. The van der Waals surface area contributed by atoms with Gasteiger partial charge in [0, 0.05) is 17.3 Å². The Morgan fingerprint density at radius 1 is 1.13 bits per heavy atom. The highest BCUT2D eigenvalue weighted by Crippen LogP contribution is 2.27. The number of benzene rings is 2. The van der Waals surface area contributed by atoms with Crippen LogP contribution in [0, 0.1) is 5.92 Å². The lowest BCUT2D eigenvalue weighted by Gasteiger charge is -2.22. The summed E-state index contributed by atoms with van der Waals surface area (Å²) in [4.78, 5) is 26.7. The van der Waals surface area contributed by atoms with E-state index in [1.807, 2.05) is 24.3 Å². The zero-order valence-corrected chi connectivity index (χ0v) is 18.2. The van der Waals surface area contributed by atoms with E-state index >= 15 is 0 Å². The molecule has 1 aliphatic rings. The van der Waals surface area contributed by atoms with Crippen LogP contribution in [0.4, 0.5) is 5.69 Å². The SMILES string of the molecule is CC(C)C(NS(=O)(=O)c1ccc(Cl)cc1)C(=O)OCC(=O)N1CCc2ccccc21. The first kappa shape index (κ1) is 22.3. The lowest BCUT2D eigenvalue weighted by molar-refractivity contribution is -0.150. The van der Waals surface area contributed by atoms with E-state index in [1.165, 1.54) is 24.3 Å². The lowest BCUT2D eigenvalue weighted by Crippen LogP contribution is -2.46. The van der Waals surface area contributed by atoms with E-state index in [-0.39, 0.29) is 16.7 Å². The van der Waals surface area contributed by atoms with Crippen LogP contribution in [0.3, 0.4) is 0 Å². The molecule has 0 bridgehead atoms. The Bertz CT molecular complexity index is 1040. The smallest absolute Gasteiger partial charge is 0.324 e. The van der Waals surface area contributed by atoms with E-state index in [0.717, 1.165) is 17.7 Å². The van der Waals surface area contributed by atoms with Crippen LogP contribution in [-0.4, -0.2) is 39.5 Å². The van der Waals surface area contributed by atoms with Crippen molar-refractivity contribution in [2.24, 2.45) is 5.92 Å². The number of esters is 1. The number of fused-ring (bicyclic) bond motifs is 1. The van der Waals surface area contributed by atoms with Crippen molar-refractivity contribution in [2.75, 3.05) is 18.1 Å². The molecule has 2 aromatic carbocycles. The molecule has 7 nitrogen and oxygen atoms in total. The molecule has 30 heavy (non-hydrogen) atoms. The molecule has 0 fully saturated rings. The Hall–Kier alpha value is -2.42. The van der Waals surface area contributed by atoms with Gasteiger partial charge in [-0.25, -0.2) is 8.42 Å². The number of para-hydroxylation sites is 1. The second-order valence-electron chi connectivity index (χ2n) is 7.33. The van der Waals surface area contributed by atoms with Crippen LogP contribution < -0.4 is 9.62 Å². The zero-order valence-electron chi connectivity index (χ0n) is 16.7. The molecule has 9 heteroatoms. The van der Waals surface area contributed by atoms with Crippen LogP contribution >= 0.6 is 11.6 Å². The number of nitrogens with zero attached hydrogens (tertiary/aromatic N) is 1. The van der Waals surface area contributed by atoms with Gasteiger partial charge in [0.1, 0.15) is 6.04 Å². The molecule has 1 unspecified atom stereocenters. The van der Waals surface area contributed by atoms with E-state index < -0.39 is 28.6 Å². The maximum atomic E-state index is 12.6. The molecule has 160 valence electrons. The van der Waals surface area contributed by atoms with Crippen molar-refractivity contribution >= 4 is 39.2 Å². The minimum atomic E-state index is -3.97. The molecule has 0 aromatic heterocycles. The van der Waals surface area contributed by atoms with E-state index in [9.17, 15) is 18.0 Å². The first-order chi connectivity index (χ1) is 14.2. The van der Waals surface area contributed by atoms with Gasteiger partial charge in [-0.05, 0) is 48.2 Å². The van der Waals surface area contributed by atoms with Gasteiger partial charge >= 0.3 is 5.97 Å². The minimum absolute atomic E-state index is 0.0184. The average Bonchev–Trinajstić information content (AvgIpc) is 3.14. The van der Waals surface area contributed by atoms with E-state index in [4.69, 9.17) is 16.3 Å². The van der Waals surface area contributed by atoms with Gasteiger partial charge in [-0.15, -0.1) is 0 Å². The molecular weight excluding hydrogens is 428 g/mol. The molecule has 0 saturated heterocycles. The van der Waals surface area contributed by atoms with Crippen molar-refractivity contribution in [2.45, 2.75) is 31.2 Å². The van der Waals surface area contributed by atoms with E-state index in [1.54, 1.807) is 18.7 Å². The highest BCUT2D eigenvalue weighted by atomic mass is 35.5. The standard InChI is InChI=1S/C21H23ClN2O5S/c1-14(2)20(23-30(27,28)17-9-7-16(22)8-10-17)21(26)29-13-19(25)24-12-11-15-5-3-4-6-18(15)24/h3-10,14,20,23H,11-13H2,1-2H3. The summed E-state index contributed by atoms with van der Waals surface area (Å²) in [5.74, 6) is -1.54. The molecule has 0 saturated carbocycles. The number of carbonyl (C=O) groups excluding carboxylic acids is 2. The predicted octanol–water partition coefficient (Wildman–Crippen LogP) is 2.78. The zero-order chi connectivity index (χ0) is 21.9. The Kier molecular flexibility index (Phi) is 6.80. The van der Waals surface area contributed by atoms with Gasteiger partial charge in [0.15, 0.2) is 6.61 Å². The first-order valence-electron chi connectivity index (χ1n) is 9.52. The molecule has 0 spiro atoms. The number of amides is 1. The van der Waals surface area contributed by atoms with Crippen LogP contribution in [-0.2, 0) is 30.8 Å². The molecule has 0 radical (unpaired) electrons. The molecular formula is C21H23ClN2O5S. The Balaban J connectivity index is 1.65. The largest absolute Gasteiger partial charge is 0.454 e. The fourth-order valence-corrected chi connectivity index (χ4v) is 4.66. The van der Waals surface area contributed by atoms with Crippen molar-refractivity contribution < 1.29 is 22.7 Å². The number of carbonyl (C=O) groups is 2. The van der Waals surface area contributed by atoms with Crippen LogP contribution in [0.2, 0.25) is 5.02 Å². The summed E-state index contributed by atoms with van der Waals surface area (Å²) in [6.07, 6.45) is 0.741. The van der Waals surface area contributed by atoms with E-state index in [2.05, 4.69) is 4.72 Å². The maximum absolute atomic E-state index is 12.6. The average molecular weight is 451 g/mol. The summed E-state index contributed by atoms with van der Waals surface area (Å²) in [5, 5.41) is 0.399. The number of anilines is 1. The topological polar surface area (TPSA) is 92.8 Å². The van der Waals surface area contributed by atoms with E-state index in [0.29, 0.717) is 11.6 Å². The first-order valence-corrected chi connectivity index (χ1v) is 11.4. The van der Waals surface area contributed by atoms with Gasteiger partial charge in [-0.2, -0.15) is 4.72 Å². The monoisotopic (exact) mass is 450 g/mol. The van der Waals surface area contributed by atoms with Gasteiger partial charge in [0.2, 0.25) is 10.0 Å². The van der Waals surface area contributed by atoms with Crippen molar-refractivity contribution in [3.63, 3.8) is 0 Å². The number of hydrogen-bond donors (Lipinski definition) is 1. The van der Waals surface area contributed by atoms with Gasteiger partial charge in [0.25, 0.3) is 5.91 Å². The van der Waals surface area contributed by atoms with Crippen LogP contribution in [0.15, 0.2) is 53.4 Å². The number of nitrogens with one attached hydrogen (secondary N) is 1. The summed E-state index contributed by atoms with van der Waals surface area (Å²) in [6.45, 7) is 3.44. The second kappa shape index (κ2) is 9.16. The van der Waals surface area contributed by atoms with Crippen LogP contribution in [0.1, 0.15) is 19.4 Å². The van der Waals surface area contributed by atoms with Crippen LogP contribution in [0.25, 0.3) is 0 Å². The summed E-state index contributed by atoms with van der Waals surface area (Å²) in [5.41, 5.74) is 1.87. The third-order valence-electron chi connectivity index (χ3n) is 4.85. The highest BCUT2D eigenvalue weighted by molar-refractivity contribution is 7.89. The van der Waals surface area contributed by atoms with Crippen molar-refractivity contribution in [3.05, 3.63) is 59.1 Å². The third-order valence-corrected chi connectivity index (χ3v) is 6.56. The molecule has 1 atom stereocenters. The molecule has 1 amide bonds. The molecule has 2 aromatic rings.